The summed E-state index contributed by atoms with van der Waals surface area (Å²) in [5.74, 6) is 0. The van der Waals surface area contributed by atoms with E-state index in [0.29, 0.717) is 24.7 Å². The molecule has 1 aliphatic rings. The number of amides is 1. The standard InChI is InChI=1S/C11H13ClN2O2/c12-9-4-2-1-3-8(9)10-7-14(11(15)16)6-5-13-10/h1-4,10,13H,5-7H2,(H,15,16). The average molecular weight is 241 g/mol. The monoisotopic (exact) mass is 240 g/mol. The molecule has 1 atom stereocenters. The Bertz CT molecular complexity index is 397. The molecule has 16 heavy (non-hydrogen) atoms. The third-order valence-corrected chi connectivity index (χ3v) is 3.07. The summed E-state index contributed by atoms with van der Waals surface area (Å²) in [6.45, 7) is 1.62. The average Bonchev–Trinajstić information content (AvgIpc) is 2.30. The van der Waals surface area contributed by atoms with E-state index in [4.69, 9.17) is 16.7 Å². The second-order valence-electron chi connectivity index (χ2n) is 3.76. The highest BCUT2D eigenvalue weighted by atomic mass is 35.5. The van der Waals surface area contributed by atoms with Gasteiger partial charge in [0.15, 0.2) is 0 Å². The smallest absolute Gasteiger partial charge is 0.407 e. The topological polar surface area (TPSA) is 52.6 Å². The Labute approximate surface area is 98.8 Å². The minimum Gasteiger partial charge on any atom is -0.465 e. The van der Waals surface area contributed by atoms with Gasteiger partial charge in [-0.05, 0) is 11.6 Å². The Morgan fingerprint density at radius 1 is 1.50 bits per heavy atom. The summed E-state index contributed by atoms with van der Waals surface area (Å²) in [6, 6.07) is 7.49. The third-order valence-electron chi connectivity index (χ3n) is 2.73. The van der Waals surface area contributed by atoms with Crippen LogP contribution < -0.4 is 5.32 Å². The number of carboxylic acid groups (broad SMARTS) is 1. The maximum atomic E-state index is 10.9. The van der Waals surface area contributed by atoms with Gasteiger partial charge in [0.2, 0.25) is 0 Å². The molecule has 0 radical (unpaired) electrons. The molecule has 1 aliphatic heterocycles. The quantitative estimate of drug-likeness (QED) is 0.789. The fourth-order valence-electron chi connectivity index (χ4n) is 1.89. The summed E-state index contributed by atoms with van der Waals surface area (Å²) >= 11 is 6.08. The maximum absolute atomic E-state index is 10.9. The van der Waals surface area contributed by atoms with E-state index < -0.39 is 6.09 Å². The van der Waals surface area contributed by atoms with Crippen molar-refractivity contribution in [1.29, 1.82) is 0 Å². The summed E-state index contributed by atoms with van der Waals surface area (Å²) in [5.41, 5.74) is 0.954. The van der Waals surface area contributed by atoms with Gasteiger partial charge in [-0.1, -0.05) is 29.8 Å². The van der Waals surface area contributed by atoms with Crippen molar-refractivity contribution < 1.29 is 9.90 Å². The lowest BCUT2D eigenvalue weighted by Gasteiger charge is -2.32. The molecule has 1 amide bonds. The molecule has 0 spiro atoms. The van der Waals surface area contributed by atoms with Crippen LogP contribution in [0.25, 0.3) is 0 Å². The molecule has 5 heteroatoms. The summed E-state index contributed by atoms with van der Waals surface area (Å²) in [4.78, 5) is 12.3. The fourth-order valence-corrected chi connectivity index (χ4v) is 2.16. The van der Waals surface area contributed by atoms with Crippen molar-refractivity contribution in [2.75, 3.05) is 19.6 Å². The highest BCUT2D eigenvalue weighted by Gasteiger charge is 2.24. The van der Waals surface area contributed by atoms with E-state index in [1.807, 2.05) is 24.3 Å². The fraction of sp³-hybridized carbons (Fsp3) is 0.364. The van der Waals surface area contributed by atoms with Crippen molar-refractivity contribution in [3.05, 3.63) is 34.9 Å². The van der Waals surface area contributed by atoms with E-state index in [0.717, 1.165) is 5.56 Å². The minimum absolute atomic E-state index is 0.0152. The van der Waals surface area contributed by atoms with E-state index in [2.05, 4.69) is 5.32 Å². The molecule has 0 aromatic heterocycles. The predicted octanol–water partition coefficient (Wildman–Crippen LogP) is 1.96. The first-order valence-corrected chi connectivity index (χ1v) is 5.52. The largest absolute Gasteiger partial charge is 0.465 e. The lowest BCUT2D eigenvalue weighted by atomic mass is 10.0. The van der Waals surface area contributed by atoms with Gasteiger partial charge in [0.25, 0.3) is 0 Å². The molecule has 0 aliphatic carbocycles. The van der Waals surface area contributed by atoms with Crippen LogP contribution in [-0.2, 0) is 0 Å². The maximum Gasteiger partial charge on any atom is 0.407 e. The first-order valence-electron chi connectivity index (χ1n) is 5.14. The number of carbonyl (C=O) groups is 1. The third kappa shape index (κ3) is 2.28. The van der Waals surface area contributed by atoms with E-state index in [1.54, 1.807) is 0 Å². The summed E-state index contributed by atoms with van der Waals surface area (Å²) in [6.07, 6.45) is -0.876. The molecule has 2 rings (SSSR count). The second-order valence-corrected chi connectivity index (χ2v) is 4.16. The number of hydrogen-bond donors (Lipinski definition) is 2. The zero-order valence-corrected chi connectivity index (χ0v) is 9.44. The van der Waals surface area contributed by atoms with Crippen molar-refractivity contribution in [3.8, 4) is 0 Å². The number of halogens is 1. The van der Waals surface area contributed by atoms with Crippen molar-refractivity contribution in [2.24, 2.45) is 0 Å². The zero-order chi connectivity index (χ0) is 11.5. The number of rotatable bonds is 1. The SMILES string of the molecule is O=C(O)N1CCNC(c2ccccc2Cl)C1. The molecule has 4 nitrogen and oxygen atoms in total. The lowest BCUT2D eigenvalue weighted by Crippen LogP contribution is -2.47. The number of hydrogen-bond acceptors (Lipinski definition) is 2. The van der Waals surface area contributed by atoms with Crippen molar-refractivity contribution in [1.82, 2.24) is 10.2 Å². The van der Waals surface area contributed by atoms with Crippen molar-refractivity contribution in [3.63, 3.8) is 0 Å². The van der Waals surface area contributed by atoms with Gasteiger partial charge in [0, 0.05) is 24.7 Å². The molecule has 1 saturated heterocycles. The van der Waals surface area contributed by atoms with Crippen LogP contribution in [0.15, 0.2) is 24.3 Å². The summed E-state index contributed by atoms with van der Waals surface area (Å²) < 4.78 is 0. The molecule has 0 saturated carbocycles. The molecule has 0 bridgehead atoms. The molecule has 1 aromatic carbocycles. The minimum atomic E-state index is -0.876. The Morgan fingerprint density at radius 3 is 2.94 bits per heavy atom. The van der Waals surface area contributed by atoms with Gasteiger partial charge in [0.1, 0.15) is 0 Å². The van der Waals surface area contributed by atoms with Gasteiger partial charge in [-0.15, -0.1) is 0 Å². The van der Waals surface area contributed by atoms with Gasteiger partial charge in [-0.2, -0.15) is 0 Å². The second kappa shape index (κ2) is 4.72. The summed E-state index contributed by atoms with van der Waals surface area (Å²) in [5, 5.41) is 12.9. The number of nitrogens with one attached hydrogen (secondary N) is 1. The molecule has 86 valence electrons. The molecule has 1 fully saturated rings. The first kappa shape index (κ1) is 11.2. The van der Waals surface area contributed by atoms with Crippen LogP contribution >= 0.6 is 11.6 Å². The van der Waals surface area contributed by atoms with Gasteiger partial charge < -0.3 is 15.3 Å². The molecular formula is C11H13ClN2O2. The number of nitrogens with zero attached hydrogens (tertiary/aromatic N) is 1. The highest BCUT2D eigenvalue weighted by Crippen LogP contribution is 2.24. The van der Waals surface area contributed by atoms with E-state index in [1.165, 1.54) is 4.90 Å². The first-order chi connectivity index (χ1) is 7.68. The number of benzene rings is 1. The Kier molecular flexibility index (Phi) is 3.31. The Morgan fingerprint density at radius 2 is 2.25 bits per heavy atom. The van der Waals surface area contributed by atoms with Crippen molar-refractivity contribution >= 4 is 17.7 Å². The van der Waals surface area contributed by atoms with Crippen LogP contribution in [0.1, 0.15) is 11.6 Å². The predicted molar refractivity (Wildman–Crippen MR) is 61.8 cm³/mol. The summed E-state index contributed by atoms with van der Waals surface area (Å²) in [7, 11) is 0. The molecule has 2 N–H and O–H groups in total. The van der Waals surface area contributed by atoms with Crippen LogP contribution in [0.3, 0.4) is 0 Å². The number of piperazine rings is 1. The van der Waals surface area contributed by atoms with E-state index in [-0.39, 0.29) is 6.04 Å². The van der Waals surface area contributed by atoms with Crippen LogP contribution in [0.5, 0.6) is 0 Å². The van der Waals surface area contributed by atoms with E-state index in [9.17, 15) is 4.79 Å². The van der Waals surface area contributed by atoms with Gasteiger partial charge in [0.05, 0.1) is 6.04 Å². The van der Waals surface area contributed by atoms with Gasteiger partial charge >= 0.3 is 6.09 Å². The Hall–Kier alpha value is -1.26. The van der Waals surface area contributed by atoms with Crippen molar-refractivity contribution in [2.45, 2.75) is 6.04 Å². The van der Waals surface area contributed by atoms with Crippen LogP contribution in [0.4, 0.5) is 4.79 Å². The molecule has 1 aromatic rings. The van der Waals surface area contributed by atoms with E-state index >= 15 is 0 Å². The van der Waals surface area contributed by atoms with Crippen LogP contribution in [0, 0.1) is 0 Å². The normalized spacial score (nSPS) is 20.8. The zero-order valence-electron chi connectivity index (χ0n) is 8.69. The molecule has 1 unspecified atom stereocenters. The van der Waals surface area contributed by atoms with Crippen LogP contribution in [0.2, 0.25) is 5.02 Å². The highest BCUT2D eigenvalue weighted by molar-refractivity contribution is 6.31. The van der Waals surface area contributed by atoms with Gasteiger partial charge in [-0.3, -0.25) is 0 Å². The lowest BCUT2D eigenvalue weighted by molar-refractivity contribution is 0.129. The Balaban J connectivity index is 2.16. The molecule has 1 heterocycles. The molecular weight excluding hydrogens is 228 g/mol. The van der Waals surface area contributed by atoms with Crippen LogP contribution in [-0.4, -0.2) is 35.7 Å². The van der Waals surface area contributed by atoms with Gasteiger partial charge in [-0.25, -0.2) is 4.79 Å².